The third-order valence-corrected chi connectivity index (χ3v) is 2.78. The Bertz CT molecular complexity index is 659. The van der Waals surface area contributed by atoms with Crippen LogP contribution in [0.4, 0.5) is 5.82 Å². The van der Waals surface area contributed by atoms with Crippen molar-refractivity contribution in [3.05, 3.63) is 60.7 Å². The molecule has 3 aromatic rings. The van der Waals surface area contributed by atoms with Gasteiger partial charge in [-0.25, -0.2) is 0 Å². The fourth-order valence-electron chi connectivity index (χ4n) is 1.91. The van der Waals surface area contributed by atoms with Gasteiger partial charge in [-0.3, -0.25) is 0 Å². The maximum absolute atomic E-state index is 5.56. The van der Waals surface area contributed by atoms with Crippen molar-refractivity contribution in [2.75, 3.05) is 5.73 Å². The van der Waals surface area contributed by atoms with E-state index in [2.05, 4.69) is 29.4 Å². The Morgan fingerprint density at radius 1 is 0.778 bits per heavy atom. The van der Waals surface area contributed by atoms with Crippen molar-refractivity contribution in [1.29, 1.82) is 0 Å². The van der Waals surface area contributed by atoms with E-state index in [4.69, 9.17) is 10.3 Å². The molecule has 2 N–H and O–H groups in total. The van der Waals surface area contributed by atoms with Crippen molar-refractivity contribution in [1.82, 2.24) is 5.16 Å². The third-order valence-electron chi connectivity index (χ3n) is 2.78. The zero-order valence-electron chi connectivity index (χ0n) is 9.71. The van der Waals surface area contributed by atoms with Crippen LogP contribution in [0.5, 0.6) is 0 Å². The minimum atomic E-state index is 0.398. The summed E-state index contributed by atoms with van der Waals surface area (Å²) >= 11 is 0. The maximum atomic E-state index is 5.56. The Balaban J connectivity index is 2.05. The van der Waals surface area contributed by atoms with Gasteiger partial charge in [0.2, 0.25) is 0 Å². The number of nitrogen functional groups attached to an aromatic ring is 1. The van der Waals surface area contributed by atoms with Gasteiger partial charge in [-0.05, 0) is 17.2 Å². The Kier molecular flexibility index (Phi) is 2.57. The topological polar surface area (TPSA) is 52.0 Å². The third kappa shape index (κ3) is 1.98. The zero-order valence-corrected chi connectivity index (χ0v) is 9.71. The van der Waals surface area contributed by atoms with Gasteiger partial charge in [0.05, 0.1) is 0 Å². The minimum absolute atomic E-state index is 0.398. The summed E-state index contributed by atoms with van der Waals surface area (Å²) in [5, 5.41) is 3.70. The highest BCUT2D eigenvalue weighted by Gasteiger charge is 2.05. The van der Waals surface area contributed by atoms with Gasteiger partial charge in [0.15, 0.2) is 11.6 Å². The average Bonchev–Trinajstić information content (AvgIpc) is 2.87. The standard InChI is InChI=1S/C15H12N2O/c16-15-10-14(18-17-15)13-8-4-7-12(9-13)11-5-2-1-3-6-11/h1-10H,(H2,16,17). The lowest BCUT2D eigenvalue weighted by Gasteiger charge is -2.03. The monoisotopic (exact) mass is 236 g/mol. The summed E-state index contributed by atoms with van der Waals surface area (Å²) in [4.78, 5) is 0. The molecule has 1 aromatic heterocycles. The van der Waals surface area contributed by atoms with Gasteiger partial charge in [-0.15, -0.1) is 0 Å². The number of nitrogens with two attached hydrogens (primary N) is 1. The van der Waals surface area contributed by atoms with Gasteiger partial charge in [-0.1, -0.05) is 53.7 Å². The SMILES string of the molecule is Nc1cc(-c2cccc(-c3ccccc3)c2)on1. The van der Waals surface area contributed by atoms with Crippen molar-refractivity contribution in [3.8, 4) is 22.5 Å². The highest BCUT2D eigenvalue weighted by Crippen LogP contribution is 2.26. The second-order valence-corrected chi connectivity index (χ2v) is 4.06. The molecular weight excluding hydrogens is 224 g/mol. The Morgan fingerprint density at radius 2 is 1.50 bits per heavy atom. The molecule has 0 unspecified atom stereocenters. The summed E-state index contributed by atoms with van der Waals surface area (Å²) < 4.78 is 5.17. The van der Waals surface area contributed by atoms with Crippen LogP contribution in [0, 0.1) is 0 Å². The van der Waals surface area contributed by atoms with Gasteiger partial charge < -0.3 is 10.3 Å². The van der Waals surface area contributed by atoms with Crippen LogP contribution in [-0.2, 0) is 0 Å². The maximum Gasteiger partial charge on any atom is 0.169 e. The van der Waals surface area contributed by atoms with E-state index in [9.17, 15) is 0 Å². The number of anilines is 1. The van der Waals surface area contributed by atoms with Gasteiger partial charge in [0.1, 0.15) is 0 Å². The summed E-state index contributed by atoms with van der Waals surface area (Å²) in [5.41, 5.74) is 8.85. The lowest BCUT2D eigenvalue weighted by atomic mass is 10.0. The predicted octanol–water partition coefficient (Wildman–Crippen LogP) is 3.59. The van der Waals surface area contributed by atoms with Crippen LogP contribution >= 0.6 is 0 Å². The normalized spacial score (nSPS) is 10.4. The molecule has 0 fully saturated rings. The fourth-order valence-corrected chi connectivity index (χ4v) is 1.91. The van der Waals surface area contributed by atoms with Crippen LogP contribution in [0.3, 0.4) is 0 Å². The van der Waals surface area contributed by atoms with E-state index in [1.807, 2.05) is 30.3 Å². The fraction of sp³-hybridized carbons (Fsp3) is 0. The van der Waals surface area contributed by atoms with Crippen molar-refractivity contribution in [3.63, 3.8) is 0 Å². The molecule has 0 aliphatic heterocycles. The van der Waals surface area contributed by atoms with Crippen molar-refractivity contribution in [2.24, 2.45) is 0 Å². The predicted molar refractivity (Wildman–Crippen MR) is 71.8 cm³/mol. The molecule has 0 amide bonds. The molecule has 3 rings (SSSR count). The summed E-state index contributed by atoms with van der Waals surface area (Å²) in [7, 11) is 0. The Hall–Kier alpha value is -2.55. The number of benzene rings is 2. The lowest BCUT2D eigenvalue weighted by molar-refractivity contribution is 0.436. The van der Waals surface area contributed by atoms with Gasteiger partial charge in [0, 0.05) is 11.6 Å². The first-order chi connectivity index (χ1) is 8.83. The molecule has 0 saturated heterocycles. The molecule has 0 atom stereocenters. The summed E-state index contributed by atoms with van der Waals surface area (Å²) in [6, 6.07) is 20.0. The van der Waals surface area contributed by atoms with Crippen LogP contribution in [0.15, 0.2) is 65.2 Å². The molecule has 0 bridgehead atoms. The van der Waals surface area contributed by atoms with Crippen LogP contribution < -0.4 is 5.73 Å². The van der Waals surface area contributed by atoms with E-state index in [-0.39, 0.29) is 0 Å². The molecule has 0 aliphatic rings. The summed E-state index contributed by atoms with van der Waals surface area (Å²) in [6.45, 7) is 0. The molecule has 0 radical (unpaired) electrons. The second-order valence-electron chi connectivity index (χ2n) is 4.06. The molecule has 0 saturated carbocycles. The lowest BCUT2D eigenvalue weighted by Crippen LogP contribution is -1.80. The highest BCUT2D eigenvalue weighted by atomic mass is 16.5. The number of aromatic nitrogens is 1. The Morgan fingerprint density at radius 3 is 2.22 bits per heavy atom. The second kappa shape index (κ2) is 4.37. The quantitative estimate of drug-likeness (QED) is 0.739. The molecular formula is C15H12N2O. The summed E-state index contributed by atoms with van der Waals surface area (Å²) in [5.74, 6) is 1.08. The first kappa shape index (κ1) is 10.6. The van der Waals surface area contributed by atoms with Crippen molar-refractivity contribution in [2.45, 2.75) is 0 Å². The molecule has 3 heteroatoms. The smallest absolute Gasteiger partial charge is 0.169 e. The molecule has 88 valence electrons. The number of hydrogen-bond donors (Lipinski definition) is 1. The van der Waals surface area contributed by atoms with Gasteiger partial charge in [-0.2, -0.15) is 0 Å². The largest absolute Gasteiger partial charge is 0.381 e. The average molecular weight is 236 g/mol. The molecule has 1 heterocycles. The molecule has 0 aliphatic carbocycles. The number of nitrogens with zero attached hydrogens (tertiary/aromatic N) is 1. The van der Waals surface area contributed by atoms with Crippen LogP contribution in [0.2, 0.25) is 0 Å². The molecule has 3 nitrogen and oxygen atoms in total. The zero-order chi connectivity index (χ0) is 12.4. The van der Waals surface area contributed by atoms with Crippen LogP contribution in [-0.4, -0.2) is 5.16 Å². The van der Waals surface area contributed by atoms with Crippen molar-refractivity contribution < 1.29 is 4.52 Å². The van der Waals surface area contributed by atoms with E-state index in [0.29, 0.717) is 11.6 Å². The van der Waals surface area contributed by atoms with E-state index < -0.39 is 0 Å². The summed E-state index contributed by atoms with van der Waals surface area (Å²) in [6.07, 6.45) is 0. The van der Waals surface area contributed by atoms with E-state index in [1.54, 1.807) is 6.07 Å². The Labute approximate surface area is 105 Å². The molecule has 2 aromatic carbocycles. The van der Waals surface area contributed by atoms with Gasteiger partial charge in [0.25, 0.3) is 0 Å². The number of hydrogen-bond acceptors (Lipinski definition) is 3. The van der Waals surface area contributed by atoms with E-state index in [1.165, 1.54) is 5.56 Å². The first-order valence-corrected chi connectivity index (χ1v) is 5.71. The van der Waals surface area contributed by atoms with Crippen molar-refractivity contribution >= 4 is 5.82 Å². The van der Waals surface area contributed by atoms with Crippen LogP contribution in [0.25, 0.3) is 22.5 Å². The first-order valence-electron chi connectivity index (χ1n) is 5.71. The van der Waals surface area contributed by atoms with E-state index >= 15 is 0 Å². The highest BCUT2D eigenvalue weighted by molar-refractivity contribution is 5.71. The minimum Gasteiger partial charge on any atom is -0.381 e. The number of rotatable bonds is 2. The molecule has 18 heavy (non-hydrogen) atoms. The van der Waals surface area contributed by atoms with Gasteiger partial charge >= 0.3 is 0 Å². The van der Waals surface area contributed by atoms with E-state index in [0.717, 1.165) is 11.1 Å². The van der Waals surface area contributed by atoms with Crippen LogP contribution in [0.1, 0.15) is 0 Å². The molecule has 0 spiro atoms.